The van der Waals surface area contributed by atoms with E-state index in [0.29, 0.717) is 40.6 Å². The maximum Gasteiger partial charge on any atom is 0.192 e. The van der Waals surface area contributed by atoms with Crippen molar-refractivity contribution in [3.63, 3.8) is 0 Å². The molecule has 41 heavy (non-hydrogen) atoms. The Morgan fingerprint density at radius 3 is 2.10 bits per heavy atom. The van der Waals surface area contributed by atoms with Crippen molar-refractivity contribution in [2.75, 3.05) is 0 Å². The van der Waals surface area contributed by atoms with Gasteiger partial charge in [-0.1, -0.05) is 61.5 Å². The molecule has 4 aliphatic rings. The highest BCUT2D eigenvalue weighted by Crippen LogP contribution is 2.70. The minimum Gasteiger partial charge on any atom is -0.432 e. The first-order chi connectivity index (χ1) is 18.7. The zero-order chi connectivity index (χ0) is 30.8. The third kappa shape index (κ3) is 6.06. The highest BCUT2D eigenvalue weighted by atomic mass is 28.4. The van der Waals surface area contributed by atoms with Crippen molar-refractivity contribution in [1.82, 2.24) is 0 Å². The Labute approximate surface area is 256 Å². The van der Waals surface area contributed by atoms with Crippen molar-refractivity contribution in [2.45, 2.75) is 156 Å². The minimum atomic E-state index is -2.31. The Balaban J connectivity index is 1.66. The van der Waals surface area contributed by atoms with E-state index in [4.69, 9.17) is 4.43 Å². The smallest absolute Gasteiger partial charge is 0.192 e. The molecule has 0 spiro atoms. The molecule has 3 nitrogen and oxygen atoms in total. The third-order valence-corrected chi connectivity index (χ3v) is 22.7. The van der Waals surface area contributed by atoms with Crippen LogP contribution in [0, 0.1) is 52.3 Å². The second-order valence-corrected chi connectivity index (χ2v) is 27.7. The number of aldehydes is 1. The van der Waals surface area contributed by atoms with Crippen LogP contribution in [0.25, 0.3) is 0 Å². The van der Waals surface area contributed by atoms with Gasteiger partial charge in [-0.05, 0) is 152 Å². The molecule has 0 amide bonds. The van der Waals surface area contributed by atoms with E-state index in [1.165, 1.54) is 51.4 Å². The molecule has 0 saturated heterocycles. The van der Waals surface area contributed by atoms with Gasteiger partial charge in [-0.25, -0.2) is 0 Å². The van der Waals surface area contributed by atoms with Gasteiger partial charge >= 0.3 is 0 Å². The Morgan fingerprint density at radius 2 is 1.51 bits per heavy atom. The van der Waals surface area contributed by atoms with Crippen LogP contribution in [0.1, 0.15) is 113 Å². The maximum atomic E-state index is 11.4. The lowest BCUT2D eigenvalue weighted by molar-refractivity contribution is -0.152. The van der Waals surface area contributed by atoms with Gasteiger partial charge in [-0.15, -0.1) is 0 Å². The number of carbonyl (C=O) groups excluding carboxylic acids is 1. The Morgan fingerprint density at radius 1 is 0.902 bits per heavy atom. The SMILES string of the molecule is C[C@H](/C=C/C=O)[C@H]1CCC2C3C[C@H](CC(C)(C)[Si](C)(C)O)[C@@H]4C[C@H](O[Si](C)(C)C(C)(C)C)CC[C@]4(C)C3CC[C@@]21C. The second kappa shape index (κ2) is 11.3. The summed E-state index contributed by atoms with van der Waals surface area (Å²) in [5.74, 6) is 4.91. The number of carbonyl (C=O) groups is 1. The number of fused-ring (bicyclic) bond motifs is 5. The fraction of sp³-hybridized carbons (Fsp3) is 0.917. The summed E-state index contributed by atoms with van der Waals surface area (Å²) in [7, 11) is -4.14. The summed E-state index contributed by atoms with van der Waals surface area (Å²) in [6, 6.07) is 0. The maximum absolute atomic E-state index is 11.4. The third-order valence-electron chi connectivity index (χ3n) is 14.7. The van der Waals surface area contributed by atoms with E-state index < -0.39 is 16.6 Å². The lowest BCUT2D eigenvalue weighted by Crippen LogP contribution is -2.58. The molecule has 236 valence electrons. The fourth-order valence-corrected chi connectivity index (χ4v) is 12.7. The molecular weight excluding hydrogens is 537 g/mol. The van der Waals surface area contributed by atoms with Gasteiger partial charge in [0.2, 0.25) is 0 Å². The summed E-state index contributed by atoms with van der Waals surface area (Å²) in [5.41, 5.74) is 0.755. The van der Waals surface area contributed by atoms with Crippen LogP contribution in [0.15, 0.2) is 12.2 Å². The Kier molecular flexibility index (Phi) is 9.26. The van der Waals surface area contributed by atoms with Gasteiger partial charge in [-0.3, -0.25) is 4.79 Å². The van der Waals surface area contributed by atoms with Crippen LogP contribution in [-0.4, -0.2) is 33.8 Å². The minimum absolute atomic E-state index is 0.00294. The van der Waals surface area contributed by atoms with E-state index in [0.717, 1.165) is 30.5 Å². The van der Waals surface area contributed by atoms with Crippen molar-refractivity contribution in [3.8, 4) is 0 Å². The van der Waals surface area contributed by atoms with E-state index in [1.54, 1.807) is 6.08 Å². The highest BCUT2D eigenvalue weighted by molar-refractivity contribution is 6.74. The predicted molar refractivity (Wildman–Crippen MR) is 179 cm³/mol. The van der Waals surface area contributed by atoms with Crippen molar-refractivity contribution in [2.24, 2.45) is 52.3 Å². The number of hydrogen-bond acceptors (Lipinski definition) is 3. The Hall–Kier alpha value is -0.236. The normalized spacial score (nSPS) is 41.0. The molecule has 0 aromatic rings. The summed E-state index contributed by atoms with van der Waals surface area (Å²) in [4.78, 5) is 22.5. The van der Waals surface area contributed by atoms with Crippen molar-refractivity contribution in [1.29, 1.82) is 0 Å². The summed E-state index contributed by atoms with van der Waals surface area (Å²) in [6.45, 7) is 28.7. The van der Waals surface area contributed by atoms with Gasteiger partial charge in [0, 0.05) is 6.10 Å². The molecule has 4 fully saturated rings. The van der Waals surface area contributed by atoms with E-state index in [2.05, 4.69) is 87.7 Å². The van der Waals surface area contributed by atoms with Gasteiger partial charge in [-0.2, -0.15) is 0 Å². The molecule has 0 bridgehead atoms. The van der Waals surface area contributed by atoms with Crippen molar-refractivity contribution < 1.29 is 14.0 Å². The van der Waals surface area contributed by atoms with E-state index >= 15 is 0 Å². The molecule has 0 heterocycles. The first-order valence-corrected chi connectivity index (χ1v) is 23.1. The molecule has 3 unspecified atom stereocenters. The zero-order valence-electron chi connectivity index (χ0n) is 29.0. The molecule has 1 N–H and O–H groups in total. The summed E-state index contributed by atoms with van der Waals surface area (Å²) in [6.07, 6.45) is 16.9. The van der Waals surface area contributed by atoms with Crippen LogP contribution in [0.3, 0.4) is 0 Å². The molecular formula is C36H66O3Si2. The summed E-state index contributed by atoms with van der Waals surface area (Å²) >= 11 is 0. The lowest BCUT2D eigenvalue weighted by Gasteiger charge is -2.64. The average molecular weight is 603 g/mol. The van der Waals surface area contributed by atoms with E-state index in [9.17, 15) is 9.59 Å². The highest BCUT2D eigenvalue weighted by Gasteiger charge is 2.63. The van der Waals surface area contributed by atoms with Crippen LogP contribution in [0.2, 0.25) is 36.3 Å². The first kappa shape index (κ1) is 33.7. The Bertz CT molecular complexity index is 974. The molecule has 4 saturated carbocycles. The van der Waals surface area contributed by atoms with Crippen LogP contribution in [0.4, 0.5) is 0 Å². The van der Waals surface area contributed by atoms with Crippen LogP contribution >= 0.6 is 0 Å². The van der Waals surface area contributed by atoms with Crippen LogP contribution in [-0.2, 0) is 9.22 Å². The molecule has 4 rings (SSSR count). The molecule has 0 aromatic carbocycles. The van der Waals surface area contributed by atoms with Gasteiger partial charge < -0.3 is 9.22 Å². The van der Waals surface area contributed by atoms with Gasteiger partial charge in [0.15, 0.2) is 16.6 Å². The second-order valence-electron chi connectivity index (χ2n) is 18.5. The fourth-order valence-electron chi connectivity index (χ4n) is 10.6. The van der Waals surface area contributed by atoms with Gasteiger partial charge in [0.1, 0.15) is 6.29 Å². The standard InChI is InChI=1S/C36H66O3Si2/c1-25(14-13-21-37)29-15-16-30-28-22-26(24-34(5,6)40(9,10)38)32-23-27(39-41(11,12)33(2,3)4)17-19-36(32,8)31(28)18-20-35(29,30)7/h13-14,21,25-32,38H,15-20,22-24H2,1-12H3/b14-13+/t25-,26-,27-,28?,29-,30?,31?,32+,35-,36-/m1/s1. The van der Waals surface area contributed by atoms with Crippen LogP contribution < -0.4 is 0 Å². The molecule has 0 aromatic heterocycles. The topological polar surface area (TPSA) is 46.5 Å². The zero-order valence-corrected chi connectivity index (χ0v) is 31.0. The monoisotopic (exact) mass is 602 g/mol. The van der Waals surface area contributed by atoms with E-state index in [-0.39, 0.29) is 10.1 Å². The van der Waals surface area contributed by atoms with Gasteiger partial charge in [0.25, 0.3) is 0 Å². The largest absolute Gasteiger partial charge is 0.432 e. The van der Waals surface area contributed by atoms with E-state index in [1.807, 2.05) is 0 Å². The quantitative estimate of drug-likeness (QED) is 0.171. The lowest BCUT2D eigenvalue weighted by atomic mass is 9.42. The summed E-state index contributed by atoms with van der Waals surface area (Å²) < 4.78 is 7.14. The first-order valence-electron chi connectivity index (χ1n) is 17.2. The molecule has 4 aliphatic carbocycles. The summed E-state index contributed by atoms with van der Waals surface area (Å²) in [5, 5.41) is 0.243. The predicted octanol–water partition coefficient (Wildman–Crippen LogP) is 10.0. The van der Waals surface area contributed by atoms with Gasteiger partial charge in [0.05, 0.1) is 0 Å². The van der Waals surface area contributed by atoms with Crippen molar-refractivity contribution in [3.05, 3.63) is 12.2 Å². The van der Waals surface area contributed by atoms with Crippen LogP contribution in [0.5, 0.6) is 0 Å². The number of allylic oxidation sites excluding steroid dienone is 2. The van der Waals surface area contributed by atoms with Crippen molar-refractivity contribution >= 4 is 22.9 Å². The molecule has 0 radical (unpaired) electrons. The number of rotatable bonds is 8. The molecule has 10 atom stereocenters. The molecule has 5 heteroatoms. The average Bonchev–Trinajstić information content (AvgIpc) is 3.19. The molecule has 0 aliphatic heterocycles. The number of hydrogen-bond donors (Lipinski definition) is 1.